The van der Waals surface area contributed by atoms with Crippen LogP contribution in [0.25, 0.3) is 0 Å². The van der Waals surface area contributed by atoms with Gasteiger partial charge < -0.3 is 4.43 Å². The third kappa shape index (κ3) is 7.92. The van der Waals surface area contributed by atoms with Gasteiger partial charge in [-0.15, -0.1) is 0 Å². The van der Waals surface area contributed by atoms with Gasteiger partial charge in [-0.25, -0.2) is 0 Å². The topological polar surface area (TPSA) is 9.23 Å². The van der Waals surface area contributed by atoms with Crippen molar-refractivity contribution >= 4 is 29.3 Å². The summed E-state index contributed by atoms with van der Waals surface area (Å²) < 4.78 is 6.15. The van der Waals surface area contributed by atoms with E-state index in [-0.39, 0.29) is 0 Å². The number of rotatable bonds is 4. The summed E-state index contributed by atoms with van der Waals surface area (Å²) in [5.41, 5.74) is 1.32. The molecule has 0 heterocycles. The Morgan fingerprint density at radius 2 is 1.43 bits per heavy atom. The van der Waals surface area contributed by atoms with E-state index in [1.54, 1.807) is 0 Å². The monoisotopic (exact) mass is 248 g/mol. The summed E-state index contributed by atoms with van der Waals surface area (Å²) in [6, 6.07) is 0. The lowest BCUT2D eigenvalue weighted by molar-refractivity contribution is 0.523. The molecule has 0 saturated carbocycles. The summed E-state index contributed by atoms with van der Waals surface area (Å²) in [7, 11) is -0.975. The minimum atomic E-state index is -1.40. The average Bonchev–Trinajstić information content (AvgIpc) is 1.78. The molecular formula is C10H25OPSi2. The van der Waals surface area contributed by atoms with Crippen LogP contribution in [0.1, 0.15) is 13.8 Å². The van der Waals surface area contributed by atoms with Crippen LogP contribution >= 0.6 is 7.75 Å². The molecule has 0 spiro atoms. The van der Waals surface area contributed by atoms with Crippen molar-refractivity contribution in [2.24, 2.45) is 5.92 Å². The number of hydrogen-bond donors (Lipinski definition) is 0. The highest BCUT2D eigenvalue weighted by Crippen LogP contribution is 2.24. The van der Waals surface area contributed by atoms with Crippen molar-refractivity contribution in [3.8, 4) is 0 Å². The quantitative estimate of drug-likeness (QED) is 0.529. The third-order valence-electron chi connectivity index (χ3n) is 1.35. The Labute approximate surface area is 93.0 Å². The van der Waals surface area contributed by atoms with Crippen LogP contribution < -0.4 is 0 Å². The van der Waals surface area contributed by atoms with Crippen LogP contribution in [0.2, 0.25) is 39.3 Å². The summed E-state index contributed by atoms with van der Waals surface area (Å²) >= 11 is 0. The second-order valence-electron chi connectivity index (χ2n) is 5.99. The second kappa shape index (κ2) is 5.06. The van der Waals surface area contributed by atoms with Crippen LogP contribution in [0.3, 0.4) is 0 Å². The van der Waals surface area contributed by atoms with Gasteiger partial charge in [0.25, 0.3) is 0 Å². The molecule has 0 rings (SSSR count). The molecule has 0 atom stereocenters. The van der Waals surface area contributed by atoms with Gasteiger partial charge >= 0.3 is 0 Å². The minimum Gasteiger partial charge on any atom is -0.386 e. The van der Waals surface area contributed by atoms with Crippen molar-refractivity contribution in [1.29, 1.82) is 0 Å². The molecule has 0 saturated heterocycles. The molecule has 0 unspecified atom stereocenters. The third-order valence-corrected chi connectivity index (χ3v) is 6.53. The molecule has 0 aliphatic carbocycles. The molecule has 0 aliphatic rings. The lowest BCUT2D eigenvalue weighted by Crippen LogP contribution is -2.31. The maximum atomic E-state index is 6.15. The predicted octanol–water partition coefficient (Wildman–Crippen LogP) is 4.40. The Balaban J connectivity index is 4.71. The largest absolute Gasteiger partial charge is 0.386 e. The molecule has 0 aromatic carbocycles. The van der Waals surface area contributed by atoms with Crippen LogP contribution in [-0.4, -0.2) is 21.5 Å². The van der Waals surface area contributed by atoms with Crippen LogP contribution in [0.15, 0.2) is 0 Å². The predicted molar refractivity (Wildman–Crippen MR) is 74.5 cm³/mol. The Hall–Kier alpha value is 0.564. The Kier molecular flexibility index (Phi) is 5.27. The molecule has 84 valence electrons. The standard InChI is InChI=1S/C10H25OPSi2/c1-9(2)10(11-13(3,4)5)12-14(6,7)8/h9H,1-8H3. The fourth-order valence-corrected chi connectivity index (χ4v) is 6.87. The molecule has 0 N–H and O–H groups in total. The normalized spacial score (nSPS) is 15.1. The minimum absolute atomic E-state index is 0.565. The second-order valence-corrected chi connectivity index (χ2v) is 20.1. The van der Waals surface area contributed by atoms with Crippen LogP contribution in [0.5, 0.6) is 0 Å². The van der Waals surface area contributed by atoms with E-state index >= 15 is 0 Å². The van der Waals surface area contributed by atoms with Gasteiger partial charge in [-0.05, 0) is 19.6 Å². The van der Waals surface area contributed by atoms with Gasteiger partial charge in [-0.1, -0.05) is 41.2 Å². The van der Waals surface area contributed by atoms with Gasteiger partial charge in [-0.2, -0.15) is 0 Å². The highest BCUT2D eigenvalue weighted by molar-refractivity contribution is 7.81. The van der Waals surface area contributed by atoms with Gasteiger partial charge in [-0.3, -0.25) is 0 Å². The van der Waals surface area contributed by atoms with Gasteiger partial charge in [0.1, 0.15) is 7.74 Å². The fraction of sp³-hybridized carbons (Fsp3) is 0.900. The van der Waals surface area contributed by atoms with Crippen molar-refractivity contribution in [3.05, 3.63) is 0 Å². The van der Waals surface area contributed by atoms with Crippen LogP contribution in [0, 0.1) is 5.92 Å². The maximum Gasteiger partial charge on any atom is 0.191 e. The van der Waals surface area contributed by atoms with Crippen LogP contribution in [0.4, 0.5) is 0 Å². The Bertz CT molecular complexity index is 211. The average molecular weight is 248 g/mol. The molecule has 0 aromatic heterocycles. The smallest absolute Gasteiger partial charge is 0.191 e. The van der Waals surface area contributed by atoms with E-state index in [0.29, 0.717) is 5.92 Å². The molecule has 1 nitrogen and oxygen atoms in total. The van der Waals surface area contributed by atoms with Gasteiger partial charge in [0.05, 0.1) is 5.48 Å². The Morgan fingerprint density at radius 1 is 1.00 bits per heavy atom. The molecule has 14 heavy (non-hydrogen) atoms. The zero-order valence-corrected chi connectivity index (χ0v) is 13.8. The summed E-state index contributed by atoms with van der Waals surface area (Å²) in [5, 5.41) is 0. The van der Waals surface area contributed by atoms with Gasteiger partial charge in [0.2, 0.25) is 0 Å². The van der Waals surface area contributed by atoms with Crippen LogP contribution in [-0.2, 0) is 4.43 Å². The van der Waals surface area contributed by atoms with Crippen molar-refractivity contribution in [1.82, 2.24) is 0 Å². The van der Waals surface area contributed by atoms with E-state index in [9.17, 15) is 0 Å². The summed E-state index contributed by atoms with van der Waals surface area (Å²) in [6.45, 7) is 18.4. The van der Waals surface area contributed by atoms with Crippen molar-refractivity contribution in [2.75, 3.05) is 0 Å². The van der Waals surface area contributed by atoms with E-state index < -0.39 is 16.1 Å². The lowest BCUT2D eigenvalue weighted by Gasteiger charge is -2.24. The first-order valence-corrected chi connectivity index (χ1v) is 13.9. The summed E-state index contributed by atoms with van der Waals surface area (Å²) in [6.07, 6.45) is 0. The molecular weight excluding hydrogens is 223 g/mol. The first-order valence-electron chi connectivity index (χ1n) is 5.30. The van der Waals surface area contributed by atoms with Gasteiger partial charge in [0, 0.05) is 5.92 Å². The van der Waals surface area contributed by atoms with E-state index in [2.05, 4.69) is 53.1 Å². The fourth-order valence-electron chi connectivity index (χ4n) is 0.914. The highest BCUT2D eigenvalue weighted by Gasteiger charge is 2.21. The molecule has 4 heteroatoms. The van der Waals surface area contributed by atoms with Crippen molar-refractivity contribution < 1.29 is 4.43 Å². The molecule has 0 radical (unpaired) electrons. The molecule has 0 aliphatic heterocycles. The number of hydrogen-bond acceptors (Lipinski definition) is 1. The molecule has 0 fully saturated rings. The Morgan fingerprint density at radius 3 is 1.64 bits per heavy atom. The SMILES string of the molecule is CC(C)C(O[Si](C)(C)C)=P[Si](C)(C)C. The molecule has 0 aromatic rings. The molecule has 0 amide bonds. The van der Waals surface area contributed by atoms with E-state index in [4.69, 9.17) is 4.43 Å². The van der Waals surface area contributed by atoms with E-state index in [0.717, 1.165) is 0 Å². The summed E-state index contributed by atoms with van der Waals surface area (Å²) in [4.78, 5) is 0. The van der Waals surface area contributed by atoms with E-state index in [1.807, 2.05) is 0 Å². The zero-order valence-electron chi connectivity index (χ0n) is 10.9. The lowest BCUT2D eigenvalue weighted by atomic mass is 10.2. The summed E-state index contributed by atoms with van der Waals surface area (Å²) in [5.74, 6) is 0.565. The maximum absolute atomic E-state index is 6.15. The molecule has 0 bridgehead atoms. The highest BCUT2D eigenvalue weighted by atomic mass is 31.3. The van der Waals surface area contributed by atoms with E-state index in [1.165, 1.54) is 13.2 Å². The van der Waals surface area contributed by atoms with Crippen molar-refractivity contribution in [2.45, 2.75) is 53.1 Å². The van der Waals surface area contributed by atoms with Gasteiger partial charge in [0.15, 0.2) is 8.32 Å². The zero-order chi connectivity index (χ0) is 11.6. The first-order chi connectivity index (χ1) is 6.01. The first kappa shape index (κ1) is 14.6. The van der Waals surface area contributed by atoms with Crippen molar-refractivity contribution in [3.63, 3.8) is 0 Å².